The summed E-state index contributed by atoms with van der Waals surface area (Å²) in [4.78, 5) is 12.7. The molecule has 0 aliphatic heterocycles. The van der Waals surface area contributed by atoms with Crippen LogP contribution in [0.4, 0.5) is 8.78 Å². The minimum Gasteiger partial charge on any atom is -0.384 e. The van der Waals surface area contributed by atoms with Crippen molar-refractivity contribution in [1.29, 1.82) is 0 Å². The van der Waals surface area contributed by atoms with Crippen molar-refractivity contribution < 1.29 is 13.5 Å². The summed E-state index contributed by atoms with van der Waals surface area (Å²) in [6.45, 7) is 0.642. The highest BCUT2D eigenvalue weighted by atomic mass is 32.2. The molecule has 160 valence electrons. The number of ether oxygens (including phenoxy) is 1. The quantitative estimate of drug-likeness (QED) is 0.281. The number of halogens is 2. The van der Waals surface area contributed by atoms with E-state index in [0.29, 0.717) is 6.61 Å². The molecule has 0 saturated heterocycles. The van der Waals surface area contributed by atoms with Crippen LogP contribution in [-0.2, 0) is 4.74 Å². The van der Waals surface area contributed by atoms with E-state index in [-0.39, 0.29) is 12.5 Å². The van der Waals surface area contributed by atoms with E-state index in [2.05, 4.69) is 20.1 Å². The number of aromatic nitrogens is 5. The molecule has 0 spiro atoms. The van der Waals surface area contributed by atoms with Crippen LogP contribution in [0.1, 0.15) is 18.0 Å². The summed E-state index contributed by atoms with van der Waals surface area (Å²) >= 11 is 1.66. The van der Waals surface area contributed by atoms with E-state index < -0.39 is 6.08 Å². The van der Waals surface area contributed by atoms with E-state index in [9.17, 15) is 8.78 Å². The molecule has 0 saturated carbocycles. The molecule has 31 heavy (non-hydrogen) atoms. The summed E-state index contributed by atoms with van der Waals surface area (Å²) in [7, 11) is 1.67. The van der Waals surface area contributed by atoms with E-state index >= 15 is 0 Å². The van der Waals surface area contributed by atoms with Gasteiger partial charge in [-0.25, -0.2) is 9.97 Å². The number of nitrogens with one attached hydrogen (secondary N) is 1. The zero-order valence-electron chi connectivity index (χ0n) is 16.8. The van der Waals surface area contributed by atoms with Crippen LogP contribution in [-0.4, -0.2) is 44.2 Å². The van der Waals surface area contributed by atoms with Gasteiger partial charge in [0.15, 0.2) is 0 Å². The lowest BCUT2D eigenvalue weighted by Gasteiger charge is -2.17. The molecule has 0 aliphatic carbocycles. The molecule has 0 fully saturated rings. The first-order chi connectivity index (χ1) is 15.2. The molecule has 4 rings (SSSR count). The molecule has 0 aliphatic rings. The monoisotopic (exact) mass is 441 g/mol. The van der Waals surface area contributed by atoms with Gasteiger partial charge >= 0.3 is 0 Å². The molecular formula is C22H21F2N5OS. The van der Waals surface area contributed by atoms with Crippen molar-refractivity contribution in [2.45, 2.75) is 17.4 Å². The van der Waals surface area contributed by atoms with Crippen molar-refractivity contribution in [3.63, 3.8) is 0 Å². The zero-order chi connectivity index (χ0) is 21.6. The van der Waals surface area contributed by atoms with Gasteiger partial charge in [0.1, 0.15) is 12.0 Å². The number of nitrogens with zero attached hydrogens (tertiary/aromatic N) is 4. The van der Waals surface area contributed by atoms with Crippen LogP contribution in [0.3, 0.4) is 0 Å². The zero-order valence-corrected chi connectivity index (χ0v) is 17.6. The number of thioether (sulfide) groups is 1. The topological polar surface area (TPSA) is 68.6 Å². The third-order valence-corrected chi connectivity index (χ3v) is 5.80. The number of rotatable bonds is 9. The molecule has 1 atom stereocenters. The second-order valence-electron chi connectivity index (χ2n) is 6.83. The second kappa shape index (κ2) is 9.84. The summed E-state index contributed by atoms with van der Waals surface area (Å²) in [5, 5.41) is 5.37. The van der Waals surface area contributed by atoms with Gasteiger partial charge in [-0.15, -0.1) is 11.8 Å². The van der Waals surface area contributed by atoms with Crippen molar-refractivity contribution in [3.8, 4) is 11.3 Å². The maximum Gasteiger partial charge on any atom is 0.266 e. The fraction of sp³-hybridized carbons (Fsp3) is 0.227. The van der Waals surface area contributed by atoms with Gasteiger partial charge in [-0.1, -0.05) is 12.1 Å². The van der Waals surface area contributed by atoms with Crippen LogP contribution in [0.5, 0.6) is 0 Å². The van der Waals surface area contributed by atoms with Gasteiger partial charge in [-0.05, 0) is 36.3 Å². The summed E-state index contributed by atoms with van der Waals surface area (Å²) in [6.07, 6.45) is 6.20. The molecule has 6 nitrogen and oxygen atoms in total. The van der Waals surface area contributed by atoms with Crippen LogP contribution < -0.4 is 0 Å². The normalized spacial score (nSPS) is 12.2. The van der Waals surface area contributed by atoms with Crippen LogP contribution in [0.25, 0.3) is 22.3 Å². The van der Waals surface area contributed by atoms with Crippen molar-refractivity contribution in [2.75, 3.05) is 19.5 Å². The van der Waals surface area contributed by atoms with Crippen molar-refractivity contribution in [2.24, 2.45) is 0 Å². The highest BCUT2D eigenvalue weighted by Gasteiger charge is 2.17. The maximum atomic E-state index is 12.9. The maximum absolute atomic E-state index is 12.9. The molecule has 0 bridgehead atoms. The number of allylic oxidation sites excluding steroid dienone is 1. The lowest BCUT2D eigenvalue weighted by molar-refractivity contribution is 0.218. The number of methoxy groups -OCH3 is 1. The molecule has 3 heterocycles. The Balaban J connectivity index is 1.67. The fourth-order valence-electron chi connectivity index (χ4n) is 3.39. The molecule has 1 N–H and O–H groups in total. The van der Waals surface area contributed by atoms with E-state index in [1.54, 1.807) is 35.9 Å². The highest BCUT2D eigenvalue weighted by Crippen LogP contribution is 2.30. The number of fused-ring (bicyclic) bond motifs is 1. The number of hydrogen-bond acceptors (Lipinski definition) is 5. The average Bonchev–Trinajstić information content (AvgIpc) is 3.44. The molecule has 0 amide bonds. The van der Waals surface area contributed by atoms with E-state index in [0.717, 1.165) is 44.6 Å². The van der Waals surface area contributed by atoms with Gasteiger partial charge in [0.2, 0.25) is 0 Å². The number of aromatic amines is 1. The van der Waals surface area contributed by atoms with E-state index in [4.69, 9.17) is 4.74 Å². The average molecular weight is 442 g/mol. The number of benzene rings is 1. The van der Waals surface area contributed by atoms with Crippen LogP contribution >= 0.6 is 11.8 Å². The van der Waals surface area contributed by atoms with E-state index in [1.165, 1.54) is 6.33 Å². The van der Waals surface area contributed by atoms with Gasteiger partial charge in [0.05, 0.1) is 24.5 Å². The van der Waals surface area contributed by atoms with Gasteiger partial charge in [0, 0.05) is 41.1 Å². The van der Waals surface area contributed by atoms with Crippen LogP contribution in [0.15, 0.2) is 72.3 Å². The smallest absolute Gasteiger partial charge is 0.266 e. The van der Waals surface area contributed by atoms with E-state index in [1.807, 2.05) is 36.5 Å². The highest BCUT2D eigenvalue weighted by molar-refractivity contribution is 7.99. The Morgan fingerprint density at radius 3 is 3.03 bits per heavy atom. The fourth-order valence-corrected chi connectivity index (χ4v) is 4.27. The first-order valence-corrected chi connectivity index (χ1v) is 10.7. The summed E-state index contributed by atoms with van der Waals surface area (Å²) in [6, 6.07) is 9.43. The van der Waals surface area contributed by atoms with Crippen LogP contribution in [0.2, 0.25) is 0 Å². The Hall–Kier alpha value is -3.04. The molecule has 1 unspecified atom stereocenters. The summed E-state index contributed by atoms with van der Waals surface area (Å²) < 4.78 is 32.7. The Bertz CT molecular complexity index is 1190. The first-order valence-electron chi connectivity index (χ1n) is 9.71. The predicted octanol–water partition coefficient (Wildman–Crippen LogP) is 5.32. The van der Waals surface area contributed by atoms with Crippen molar-refractivity contribution >= 4 is 22.8 Å². The molecule has 4 aromatic rings. The lowest BCUT2D eigenvalue weighted by Crippen LogP contribution is -2.10. The van der Waals surface area contributed by atoms with Gasteiger partial charge < -0.3 is 9.72 Å². The van der Waals surface area contributed by atoms with Gasteiger partial charge in [0.25, 0.3) is 6.08 Å². The third-order valence-electron chi connectivity index (χ3n) is 4.84. The Kier molecular flexibility index (Phi) is 6.73. The molecule has 3 aromatic heterocycles. The summed E-state index contributed by atoms with van der Waals surface area (Å²) in [5.74, 6) is 0.815. The Morgan fingerprint density at radius 2 is 2.19 bits per heavy atom. The third kappa shape index (κ3) is 5.00. The minimum absolute atomic E-state index is 0.124. The molecule has 1 aromatic carbocycles. The standard InChI is InChI=1S/C22H21F2N5OS/c1-30-9-10-31-17-4-2-3-15(11-17)19(5-6-20(23)24)29-13-16(12-28-29)21-18-7-8-25-22(18)27-14-26-21/h2-4,6-8,11-14,19H,5,9-10H2,1H3,(H,25,26,27). The SMILES string of the molecule is COCCSc1cccc(C(CC=C(F)F)n2cc(-c3ncnc4[nH]ccc34)cn2)c1. The number of hydrogen-bond donors (Lipinski definition) is 1. The first kappa shape index (κ1) is 21.2. The lowest BCUT2D eigenvalue weighted by atomic mass is 10.0. The molecule has 0 radical (unpaired) electrons. The largest absolute Gasteiger partial charge is 0.384 e. The molecule has 9 heteroatoms. The number of H-pyrrole nitrogens is 1. The van der Waals surface area contributed by atoms with Crippen molar-refractivity contribution in [3.05, 3.63) is 73.0 Å². The van der Waals surface area contributed by atoms with Gasteiger partial charge in [-0.2, -0.15) is 13.9 Å². The van der Waals surface area contributed by atoms with Crippen LogP contribution in [0, 0.1) is 0 Å². The van der Waals surface area contributed by atoms with Crippen molar-refractivity contribution in [1.82, 2.24) is 24.7 Å². The second-order valence-corrected chi connectivity index (χ2v) is 8.00. The van der Waals surface area contributed by atoms with Gasteiger partial charge in [-0.3, -0.25) is 4.68 Å². The predicted molar refractivity (Wildman–Crippen MR) is 117 cm³/mol. The summed E-state index contributed by atoms with van der Waals surface area (Å²) in [5.41, 5.74) is 3.18. The molecular weight excluding hydrogens is 420 g/mol. The minimum atomic E-state index is -1.70. The Labute approximate surface area is 182 Å². The Morgan fingerprint density at radius 1 is 1.29 bits per heavy atom.